The van der Waals surface area contributed by atoms with Gasteiger partial charge in [-0.15, -0.1) is 11.3 Å². The van der Waals surface area contributed by atoms with Crippen LogP contribution in [0.15, 0.2) is 35.7 Å². The van der Waals surface area contributed by atoms with Crippen molar-refractivity contribution in [3.8, 4) is 11.8 Å². The van der Waals surface area contributed by atoms with Crippen molar-refractivity contribution in [2.75, 3.05) is 12.3 Å². The van der Waals surface area contributed by atoms with E-state index in [0.717, 1.165) is 5.56 Å². The van der Waals surface area contributed by atoms with Crippen LogP contribution in [0, 0.1) is 24.1 Å². The molecule has 27 heavy (non-hydrogen) atoms. The summed E-state index contributed by atoms with van der Waals surface area (Å²) in [6.07, 6.45) is 1.11. The molecule has 3 N–H and O–H groups in total. The molecule has 1 amide bonds. The van der Waals surface area contributed by atoms with Gasteiger partial charge in [-0.05, 0) is 61.0 Å². The topological polar surface area (TPSA) is 96.7 Å². The summed E-state index contributed by atoms with van der Waals surface area (Å²) in [5.74, 6) is -0.237. The van der Waals surface area contributed by atoms with Crippen molar-refractivity contribution in [3.63, 3.8) is 0 Å². The minimum absolute atomic E-state index is 0.0978. The number of benzene rings is 1. The smallest absolute Gasteiger partial charge is 0.261 e. The molecule has 0 unspecified atom stereocenters. The average molecular weight is 383 g/mol. The fourth-order valence-corrected chi connectivity index (χ4v) is 3.54. The number of halogens is 1. The standard InChI is InChI=1S/C19H18FN5OS/c1-12-8-10-27-17(12)19(26)23-9-2-3-16-15(11-21)18(22)25(24-16)14-6-4-13(20)5-7-14/h4-8,10H,2-3,9,22H2,1H3,(H,23,26). The van der Waals surface area contributed by atoms with Gasteiger partial charge in [-0.1, -0.05) is 0 Å². The first-order chi connectivity index (χ1) is 13.0. The van der Waals surface area contributed by atoms with E-state index < -0.39 is 0 Å². The lowest BCUT2D eigenvalue weighted by Gasteiger charge is -2.04. The van der Waals surface area contributed by atoms with E-state index in [1.165, 1.54) is 28.2 Å². The number of amides is 1. The Morgan fingerprint density at radius 1 is 1.37 bits per heavy atom. The number of aryl methyl sites for hydroxylation is 2. The van der Waals surface area contributed by atoms with Crippen LogP contribution in [0.5, 0.6) is 0 Å². The third kappa shape index (κ3) is 3.99. The normalized spacial score (nSPS) is 10.6. The number of hydrogen-bond acceptors (Lipinski definition) is 5. The zero-order valence-corrected chi connectivity index (χ0v) is 15.5. The molecule has 0 bridgehead atoms. The predicted molar refractivity (Wildman–Crippen MR) is 102 cm³/mol. The van der Waals surface area contributed by atoms with E-state index in [1.807, 2.05) is 18.4 Å². The number of thiophene rings is 1. The van der Waals surface area contributed by atoms with Gasteiger partial charge in [0.25, 0.3) is 5.91 Å². The molecule has 0 radical (unpaired) electrons. The van der Waals surface area contributed by atoms with Crippen LogP contribution in [0.2, 0.25) is 0 Å². The number of carbonyl (C=O) groups is 1. The van der Waals surface area contributed by atoms with Crippen LogP contribution in [-0.2, 0) is 6.42 Å². The molecule has 0 saturated heterocycles. The van der Waals surface area contributed by atoms with Crippen molar-refractivity contribution < 1.29 is 9.18 Å². The van der Waals surface area contributed by atoms with Gasteiger partial charge < -0.3 is 11.1 Å². The maximum Gasteiger partial charge on any atom is 0.261 e. The lowest BCUT2D eigenvalue weighted by Crippen LogP contribution is -2.24. The van der Waals surface area contributed by atoms with Crippen LogP contribution < -0.4 is 11.1 Å². The van der Waals surface area contributed by atoms with Gasteiger partial charge in [0, 0.05) is 6.54 Å². The highest BCUT2D eigenvalue weighted by Gasteiger charge is 2.16. The van der Waals surface area contributed by atoms with Crippen LogP contribution in [0.1, 0.15) is 32.9 Å². The highest BCUT2D eigenvalue weighted by atomic mass is 32.1. The van der Waals surface area contributed by atoms with Gasteiger partial charge in [-0.3, -0.25) is 4.79 Å². The Morgan fingerprint density at radius 2 is 2.11 bits per heavy atom. The maximum absolute atomic E-state index is 13.1. The summed E-state index contributed by atoms with van der Waals surface area (Å²) in [7, 11) is 0. The van der Waals surface area contributed by atoms with E-state index in [2.05, 4.69) is 16.5 Å². The summed E-state index contributed by atoms with van der Waals surface area (Å²) in [6, 6.07) is 9.70. The Hall–Kier alpha value is -3.18. The molecular formula is C19H18FN5OS. The summed E-state index contributed by atoms with van der Waals surface area (Å²) in [5.41, 5.74) is 8.43. The zero-order valence-electron chi connectivity index (χ0n) is 14.7. The van der Waals surface area contributed by atoms with Crippen LogP contribution in [0.4, 0.5) is 10.2 Å². The Kier molecular flexibility index (Phi) is 5.52. The number of nitrogen functional groups attached to an aromatic ring is 1. The lowest BCUT2D eigenvalue weighted by molar-refractivity contribution is 0.0956. The number of nitrogens with zero attached hydrogens (tertiary/aromatic N) is 3. The molecular weight excluding hydrogens is 365 g/mol. The molecule has 0 fully saturated rings. The first-order valence-corrected chi connectivity index (χ1v) is 9.25. The highest BCUT2D eigenvalue weighted by Crippen LogP contribution is 2.22. The van der Waals surface area contributed by atoms with Crippen LogP contribution in [0.3, 0.4) is 0 Å². The zero-order chi connectivity index (χ0) is 19.4. The second-order valence-electron chi connectivity index (χ2n) is 6.00. The van der Waals surface area contributed by atoms with Crippen LogP contribution in [0.25, 0.3) is 5.69 Å². The number of nitrogens with two attached hydrogens (primary N) is 1. The molecule has 138 valence electrons. The Balaban J connectivity index is 1.66. The quantitative estimate of drug-likeness (QED) is 0.639. The number of nitriles is 1. The molecule has 0 atom stereocenters. The predicted octanol–water partition coefficient (Wildman–Crippen LogP) is 3.20. The molecule has 6 nitrogen and oxygen atoms in total. The lowest BCUT2D eigenvalue weighted by atomic mass is 10.1. The number of hydrogen-bond donors (Lipinski definition) is 2. The van der Waals surface area contributed by atoms with E-state index in [-0.39, 0.29) is 17.5 Å². The molecule has 0 aliphatic carbocycles. The van der Waals surface area contributed by atoms with Crippen molar-refractivity contribution in [1.29, 1.82) is 5.26 Å². The molecule has 0 spiro atoms. The van der Waals surface area contributed by atoms with Gasteiger partial charge in [0.15, 0.2) is 0 Å². The molecule has 0 aliphatic rings. The van der Waals surface area contributed by atoms with Gasteiger partial charge in [-0.2, -0.15) is 10.4 Å². The summed E-state index contributed by atoms with van der Waals surface area (Å²) in [4.78, 5) is 12.8. The Labute approximate surface area is 160 Å². The van der Waals surface area contributed by atoms with Gasteiger partial charge in [0.1, 0.15) is 23.3 Å². The molecule has 0 saturated carbocycles. The number of nitrogens with one attached hydrogen (secondary N) is 1. The molecule has 3 aromatic rings. The van der Waals surface area contributed by atoms with Crippen LogP contribution >= 0.6 is 11.3 Å². The largest absolute Gasteiger partial charge is 0.382 e. The highest BCUT2D eigenvalue weighted by molar-refractivity contribution is 7.12. The fraction of sp³-hybridized carbons (Fsp3) is 0.211. The Bertz CT molecular complexity index is 1000. The minimum atomic E-state index is -0.359. The number of carbonyl (C=O) groups excluding carboxylic acids is 1. The van der Waals surface area contributed by atoms with Crippen molar-refractivity contribution >= 4 is 23.1 Å². The van der Waals surface area contributed by atoms with Crippen molar-refractivity contribution in [3.05, 3.63) is 63.2 Å². The third-order valence-corrected chi connectivity index (χ3v) is 5.14. The molecule has 0 aliphatic heterocycles. The summed E-state index contributed by atoms with van der Waals surface area (Å²) in [6.45, 7) is 2.36. The fourth-order valence-electron chi connectivity index (χ4n) is 2.70. The molecule has 2 heterocycles. The number of anilines is 1. The number of aromatic nitrogens is 2. The third-order valence-electron chi connectivity index (χ3n) is 4.12. The van der Waals surface area contributed by atoms with Crippen LogP contribution in [-0.4, -0.2) is 22.2 Å². The molecule has 1 aromatic carbocycles. The van der Waals surface area contributed by atoms with E-state index in [0.29, 0.717) is 41.2 Å². The summed E-state index contributed by atoms with van der Waals surface area (Å²) >= 11 is 1.41. The monoisotopic (exact) mass is 383 g/mol. The van der Waals surface area contributed by atoms with E-state index in [4.69, 9.17) is 5.73 Å². The van der Waals surface area contributed by atoms with Crippen molar-refractivity contribution in [2.45, 2.75) is 19.8 Å². The molecule has 3 rings (SSSR count). The van der Waals surface area contributed by atoms with Crippen molar-refractivity contribution in [1.82, 2.24) is 15.1 Å². The first-order valence-electron chi connectivity index (χ1n) is 8.37. The van der Waals surface area contributed by atoms with E-state index >= 15 is 0 Å². The molecule has 8 heteroatoms. The van der Waals surface area contributed by atoms with E-state index in [9.17, 15) is 14.4 Å². The van der Waals surface area contributed by atoms with Gasteiger partial charge >= 0.3 is 0 Å². The van der Waals surface area contributed by atoms with Gasteiger partial charge in [-0.25, -0.2) is 9.07 Å². The van der Waals surface area contributed by atoms with Gasteiger partial charge in [0.05, 0.1) is 16.3 Å². The maximum atomic E-state index is 13.1. The first kappa shape index (κ1) is 18.6. The summed E-state index contributed by atoms with van der Waals surface area (Å²) < 4.78 is 14.5. The minimum Gasteiger partial charge on any atom is -0.382 e. The number of rotatable bonds is 6. The van der Waals surface area contributed by atoms with E-state index in [1.54, 1.807) is 12.1 Å². The average Bonchev–Trinajstić information content (AvgIpc) is 3.22. The van der Waals surface area contributed by atoms with Gasteiger partial charge in [0.2, 0.25) is 0 Å². The second-order valence-corrected chi connectivity index (χ2v) is 6.92. The summed E-state index contributed by atoms with van der Waals surface area (Å²) in [5, 5.41) is 18.5. The second kappa shape index (κ2) is 8.01. The SMILES string of the molecule is Cc1ccsc1C(=O)NCCCc1nn(-c2ccc(F)cc2)c(N)c1C#N. The Morgan fingerprint density at radius 3 is 2.74 bits per heavy atom. The van der Waals surface area contributed by atoms with Crippen molar-refractivity contribution in [2.24, 2.45) is 0 Å². The molecule has 2 aromatic heterocycles.